The van der Waals surface area contributed by atoms with Gasteiger partial charge in [-0.1, -0.05) is 35.6 Å². The number of carbonyl (C=O) groups is 1. The molecule has 0 aliphatic carbocycles. The van der Waals surface area contributed by atoms with Crippen molar-refractivity contribution >= 4 is 39.0 Å². The molecule has 3 N–H and O–H groups in total. The third-order valence-electron chi connectivity index (χ3n) is 5.98. The molecule has 1 aromatic heterocycles. The summed E-state index contributed by atoms with van der Waals surface area (Å²) in [7, 11) is 7.49. The molecule has 37 heavy (non-hydrogen) atoms. The van der Waals surface area contributed by atoms with Crippen LogP contribution in [0.1, 0.15) is 12.8 Å². The standard InChI is InChI=1S/C25H33ClF2N6O2S/c1-6-17(21(29-2)30-3)22(35)32-23-20(18-13-16(26)7-8-19(18)36-24(27)28)31-25(37-23)34-11-9-15(10-12-34)14-33(4)5/h6-8,13,15,24,29-30H,1,9-12,14H2,2-5H3,(H,32,35). The van der Waals surface area contributed by atoms with Crippen LogP contribution in [0.5, 0.6) is 5.75 Å². The highest BCUT2D eigenvalue weighted by atomic mass is 35.5. The molecule has 2 aromatic rings. The average molecular weight is 555 g/mol. The third-order valence-corrected chi connectivity index (χ3v) is 7.25. The fourth-order valence-electron chi connectivity index (χ4n) is 4.29. The SMILES string of the molecule is C=CC(C(=O)Nc1sc(N2CCC(CN(C)C)CC2)nc1-c1cc(Cl)ccc1OC(F)F)=C(NC)NC. The van der Waals surface area contributed by atoms with Crippen molar-refractivity contribution in [2.24, 2.45) is 5.92 Å². The number of piperidine rings is 1. The van der Waals surface area contributed by atoms with Crippen LogP contribution in [0.2, 0.25) is 5.02 Å². The van der Waals surface area contributed by atoms with Crippen molar-refractivity contribution in [3.05, 3.63) is 47.3 Å². The van der Waals surface area contributed by atoms with Crippen molar-refractivity contribution in [3.8, 4) is 17.0 Å². The van der Waals surface area contributed by atoms with E-state index in [0.717, 1.165) is 32.5 Å². The number of hydrogen-bond donors (Lipinski definition) is 3. The molecule has 1 saturated heterocycles. The molecule has 3 rings (SSSR count). The molecular weight excluding hydrogens is 522 g/mol. The van der Waals surface area contributed by atoms with Crippen LogP contribution in [0.3, 0.4) is 0 Å². The Morgan fingerprint density at radius 1 is 1.32 bits per heavy atom. The number of aromatic nitrogens is 1. The second-order valence-electron chi connectivity index (χ2n) is 8.83. The predicted octanol–water partition coefficient (Wildman–Crippen LogP) is 4.62. The normalized spacial score (nSPS) is 14.0. The number of amides is 1. The minimum atomic E-state index is -3.03. The number of nitrogens with zero attached hydrogens (tertiary/aromatic N) is 3. The first kappa shape index (κ1) is 28.7. The summed E-state index contributed by atoms with van der Waals surface area (Å²) in [6.45, 7) is 3.33. The Morgan fingerprint density at radius 2 is 2.00 bits per heavy atom. The van der Waals surface area contributed by atoms with Crippen LogP contribution < -0.4 is 25.6 Å². The number of thiazole rings is 1. The molecule has 12 heteroatoms. The summed E-state index contributed by atoms with van der Waals surface area (Å²) in [6, 6.07) is 4.35. The van der Waals surface area contributed by atoms with Gasteiger partial charge in [0, 0.05) is 44.3 Å². The van der Waals surface area contributed by atoms with Crippen molar-refractivity contribution in [1.82, 2.24) is 20.5 Å². The van der Waals surface area contributed by atoms with E-state index in [1.165, 1.54) is 35.6 Å². The van der Waals surface area contributed by atoms with E-state index >= 15 is 0 Å². The van der Waals surface area contributed by atoms with Gasteiger partial charge in [-0.2, -0.15) is 8.78 Å². The zero-order chi connectivity index (χ0) is 27.1. The molecule has 0 unspecified atom stereocenters. The number of anilines is 2. The monoisotopic (exact) mass is 554 g/mol. The van der Waals surface area contributed by atoms with E-state index < -0.39 is 12.5 Å². The van der Waals surface area contributed by atoms with E-state index in [-0.39, 0.29) is 16.9 Å². The Kier molecular flexibility index (Phi) is 10.1. The van der Waals surface area contributed by atoms with Gasteiger partial charge in [-0.25, -0.2) is 4.98 Å². The molecule has 1 aliphatic heterocycles. The van der Waals surface area contributed by atoms with E-state index in [2.05, 4.69) is 46.4 Å². The molecule has 1 amide bonds. The molecule has 0 radical (unpaired) electrons. The summed E-state index contributed by atoms with van der Waals surface area (Å²) >= 11 is 7.50. The van der Waals surface area contributed by atoms with Gasteiger partial charge in [0.25, 0.3) is 5.91 Å². The quantitative estimate of drug-likeness (QED) is 0.276. The van der Waals surface area contributed by atoms with Crippen LogP contribution in [-0.2, 0) is 4.79 Å². The number of hydrogen-bond acceptors (Lipinski definition) is 8. The minimum Gasteiger partial charge on any atom is -0.434 e. The van der Waals surface area contributed by atoms with Gasteiger partial charge in [-0.15, -0.1) is 0 Å². The predicted molar refractivity (Wildman–Crippen MR) is 147 cm³/mol. The zero-order valence-corrected chi connectivity index (χ0v) is 23.0. The van der Waals surface area contributed by atoms with Crippen molar-refractivity contribution in [2.75, 3.05) is 58.0 Å². The lowest BCUT2D eigenvalue weighted by Crippen LogP contribution is -2.37. The van der Waals surface area contributed by atoms with E-state index in [1.807, 2.05) is 0 Å². The topological polar surface area (TPSA) is 81.8 Å². The summed E-state index contributed by atoms with van der Waals surface area (Å²) in [5, 5.41) is 10.1. The molecule has 0 atom stereocenters. The molecule has 2 heterocycles. The van der Waals surface area contributed by atoms with Gasteiger partial charge in [-0.05, 0) is 51.1 Å². The zero-order valence-electron chi connectivity index (χ0n) is 21.4. The van der Waals surface area contributed by atoms with Crippen molar-refractivity contribution in [1.29, 1.82) is 0 Å². The Balaban J connectivity index is 2.02. The van der Waals surface area contributed by atoms with Gasteiger partial charge < -0.3 is 30.5 Å². The number of carbonyl (C=O) groups excluding carboxylic acids is 1. The number of benzene rings is 1. The molecule has 1 fully saturated rings. The Bertz CT molecular complexity index is 1130. The Hall–Kier alpha value is -2.89. The second kappa shape index (κ2) is 13.1. The molecule has 8 nitrogen and oxygen atoms in total. The fraction of sp³-hybridized carbons (Fsp3) is 0.440. The highest BCUT2D eigenvalue weighted by Gasteiger charge is 2.27. The molecule has 1 aliphatic rings. The lowest BCUT2D eigenvalue weighted by atomic mass is 9.97. The lowest BCUT2D eigenvalue weighted by molar-refractivity contribution is -0.112. The minimum absolute atomic E-state index is 0.0814. The van der Waals surface area contributed by atoms with E-state index in [9.17, 15) is 13.6 Å². The maximum absolute atomic E-state index is 13.2. The highest BCUT2D eigenvalue weighted by molar-refractivity contribution is 7.20. The lowest BCUT2D eigenvalue weighted by Gasteiger charge is -2.32. The van der Waals surface area contributed by atoms with Crippen molar-refractivity contribution in [3.63, 3.8) is 0 Å². The summed E-state index contributed by atoms with van der Waals surface area (Å²) < 4.78 is 31.1. The molecule has 0 bridgehead atoms. The molecular formula is C25H33ClF2N6O2S. The number of rotatable bonds is 11. The number of ether oxygens (including phenoxy) is 1. The van der Waals surface area contributed by atoms with Crippen LogP contribution in [0.25, 0.3) is 11.3 Å². The molecule has 0 saturated carbocycles. The van der Waals surface area contributed by atoms with Crippen LogP contribution in [0, 0.1) is 5.92 Å². The van der Waals surface area contributed by atoms with Crippen LogP contribution >= 0.6 is 22.9 Å². The summed E-state index contributed by atoms with van der Waals surface area (Å²) in [4.78, 5) is 22.3. The number of nitrogens with one attached hydrogen (secondary N) is 3. The van der Waals surface area contributed by atoms with Gasteiger partial charge >= 0.3 is 6.61 Å². The van der Waals surface area contributed by atoms with Gasteiger partial charge in [0.15, 0.2) is 5.13 Å². The summed E-state index contributed by atoms with van der Waals surface area (Å²) in [5.74, 6) is 0.548. The van der Waals surface area contributed by atoms with Gasteiger partial charge in [0.05, 0.1) is 5.57 Å². The smallest absolute Gasteiger partial charge is 0.387 e. The van der Waals surface area contributed by atoms with Crippen LogP contribution in [-0.4, -0.2) is 70.2 Å². The second-order valence-corrected chi connectivity index (χ2v) is 10.2. The summed E-state index contributed by atoms with van der Waals surface area (Å²) in [6.07, 6.45) is 3.44. The van der Waals surface area contributed by atoms with Gasteiger partial charge in [-0.3, -0.25) is 4.79 Å². The number of halogens is 3. The van der Waals surface area contributed by atoms with Gasteiger partial charge in [0.2, 0.25) is 0 Å². The molecule has 0 spiro atoms. The maximum atomic E-state index is 13.2. The highest BCUT2D eigenvalue weighted by Crippen LogP contribution is 2.43. The molecule has 1 aromatic carbocycles. The number of alkyl halides is 2. The van der Waals surface area contributed by atoms with Crippen molar-refractivity contribution in [2.45, 2.75) is 19.5 Å². The van der Waals surface area contributed by atoms with E-state index in [0.29, 0.717) is 32.6 Å². The largest absolute Gasteiger partial charge is 0.434 e. The average Bonchev–Trinajstić information content (AvgIpc) is 3.26. The van der Waals surface area contributed by atoms with Crippen LogP contribution in [0.15, 0.2) is 42.2 Å². The van der Waals surface area contributed by atoms with E-state index in [1.54, 1.807) is 14.1 Å². The fourth-order valence-corrected chi connectivity index (χ4v) is 5.49. The molecule has 202 valence electrons. The Morgan fingerprint density at radius 3 is 2.57 bits per heavy atom. The third kappa shape index (κ3) is 7.33. The van der Waals surface area contributed by atoms with Crippen molar-refractivity contribution < 1.29 is 18.3 Å². The first-order valence-electron chi connectivity index (χ1n) is 11.9. The summed E-state index contributed by atoms with van der Waals surface area (Å²) in [5.41, 5.74) is 0.853. The van der Waals surface area contributed by atoms with Crippen LogP contribution in [0.4, 0.5) is 18.9 Å². The maximum Gasteiger partial charge on any atom is 0.387 e. The van der Waals surface area contributed by atoms with E-state index in [4.69, 9.17) is 21.3 Å². The first-order valence-corrected chi connectivity index (χ1v) is 13.0. The first-order chi connectivity index (χ1) is 17.7. The van der Waals surface area contributed by atoms with Gasteiger partial charge in [0.1, 0.15) is 22.3 Å². The Labute approximate surface area is 225 Å².